The molecule has 2 aromatic carbocycles. The minimum atomic E-state index is -1.21. The van der Waals surface area contributed by atoms with Crippen molar-refractivity contribution in [2.45, 2.75) is 31.6 Å². The van der Waals surface area contributed by atoms with Crippen molar-refractivity contribution in [3.05, 3.63) is 53.6 Å². The number of carbonyl (C=O) groups is 3. The van der Waals surface area contributed by atoms with Crippen LogP contribution in [-0.4, -0.2) is 34.7 Å². The third-order valence-corrected chi connectivity index (χ3v) is 5.14. The lowest BCUT2D eigenvalue weighted by Crippen LogP contribution is -2.38. The molecule has 0 radical (unpaired) electrons. The van der Waals surface area contributed by atoms with E-state index in [9.17, 15) is 24.6 Å². The number of ketones is 3. The van der Waals surface area contributed by atoms with E-state index in [2.05, 4.69) is 0 Å². The van der Waals surface area contributed by atoms with Gasteiger partial charge in [-0.15, -0.1) is 0 Å². The van der Waals surface area contributed by atoms with Gasteiger partial charge in [-0.05, 0) is 35.7 Å². The maximum atomic E-state index is 12.6. The second-order valence-electron chi connectivity index (χ2n) is 7.00. The topological polar surface area (TPSA) is 101 Å². The van der Waals surface area contributed by atoms with Crippen molar-refractivity contribution < 1.29 is 29.3 Å². The molecule has 0 aromatic heterocycles. The molecule has 2 N–H and O–H groups in total. The smallest absolute Gasteiger partial charge is 0.157 e. The third-order valence-electron chi connectivity index (χ3n) is 5.14. The van der Waals surface area contributed by atoms with Gasteiger partial charge in [0.2, 0.25) is 0 Å². The summed E-state index contributed by atoms with van der Waals surface area (Å²) < 4.78 is 5.32. The van der Waals surface area contributed by atoms with Gasteiger partial charge in [0.05, 0.1) is 7.11 Å². The molecule has 1 fully saturated rings. The predicted octanol–water partition coefficient (Wildman–Crippen LogP) is 2.94. The molecule has 0 saturated heterocycles. The number of methoxy groups -OCH3 is 1. The summed E-state index contributed by atoms with van der Waals surface area (Å²) in [6.07, 6.45) is 0.552. The molecule has 146 valence electrons. The molecule has 6 heteroatoms. The Hall–Kier alpha value is -3.15. The van der Waals surface area contributed by atoms with E-state index in [4.69, 9.17) is 4.74 Å². The van der Waals surface area contributed by atoms with Gasteiger partial charge in [0.15, 0.2) is 28.8 Å². The van der Waals surface area contributed by atoms with Crippen LogP contribution in [0.25, 0.3) is 0 Å². The van der Waals surface area contributed by atoms with E-state index >= 15 is 0 Å². The zero-order chi connectivity index (χ0) is 20.3. The van der Waals surface area contributed by atoms with Gasteiger partial charge in [0, 0.05) is 25.2 Å². The number of Topliss-reactive ketones (excluding diaryl/α,β-unsaturated/α-hetero) is 3. The van der Waals surface area contributed by atoms with E-state index < -0.39 is 11.7 Å². The Morgan fingerprint density at radius 3 is 2.36 bits per heavy atom. The normalized spacial score (nSPS) is 19.5. The van der Waals surface area contributed by atoms with Crippen molar-refractivity contribution in [2.75, 3.05) is 7.11 Å². The number of para-hydroxylation sites is 1. The molecule has 0 amide bonds. The number of rotatable bonds is 6. The van der Waals surface area contributed by atoms with Crippen molar-refractivity contribution in [3.63, 3.8) is 0 Å². The Bertz CT molecular complexity index is 899. The molecular formula is C22H22O6. The lowest BCUT2D eigenvalue weighted by molar-refractivity contribution is -0.142. The fraction of sp³-hybridized carbons (Fsp3) is 0.318. The number of aromatic hydroxyl groups is 2. The Kier molecular flexibility index (Phi) is 5.78. The number of carbonyl (C=O) groups excluding carboxylic acids is 3. The molecule has 0 aliphatic heterocycles. The molecule has 1 aliphatic rings. The highest BCUT2D eigenvalue weighted by molar-refractivity contribution is 6.21. The second-order valence-corrected chi connectivity index (χ2v) is 7.00. The van der Waals surface area contributed by atoms with E-state index in [1.165, 1.54) is 12.1 Å². The van der Waals surface area contributed by atoms with Gasteiger partial charge in [-0.2, -0.15) is 0 Å². The molecule has 1 saturated carbocycles. The Labute approximate surface area is 162 Å². The van der Waals surface area contributed by atoms with E-state index in [1.54, 1.807) is 19.2 Å². The Balaban J connectivity index is 1.67. The molecule has 28 heavy (non-hydrogen) atoms. The first-order chi connectivity index (χ1) is 13.4. The second kappa shape index (κ2) is 8.25. The number of benzene rings is 2. The number of phenolic OH excluding ortho intramolecular Hbond substituents is 2. The lowest BCUT2D eigenvalue weighted by atomic mass is 9.74. The predicted molar refractivity (Wildman–Crippen MR) is 102 cm³/mol. The molecule has 6 nitrogen and oxygen atoms in total. The van der Waals surface area contributed by atoms with Crippen LogP contribution in [0.1, 0.15) is 36.3 Å². The monoisotopic (exact) mass is 382 g/mol. The molecule has 0 heterocycles. The summed E-state index contributed by atoms with van der Waals surface area (Å²) in [5.41, 5.74) is 1.45. The Morgan fingerprint density at radius 1 is 1.04 bits per heavy atom. The summed E-state index contributed by atoms with van der Waals surface area (Å²) in [7, 11) is 1.54. The highest BCUT2D eigenvalue weighted by Gasteiger charge is 2.40. The molecular weight excluding hydrogens is 360 g/mol. The maximum absolute atomic E-state index is 12.6. The van der Waals surface area contributed by atoms with Crippen LogP contribution in [0.3, 0.4) is 0 Å². The van der Waals surface area contributed by atoms with Crippen molar-refractivity contribution in [3.8, 4) is 17.2 Å². The molecule has 1 aliphatic carbocycles. The zero-order valence-corrected chi connectivity index (χ0v) is 15.6. The highest BCUT2D eigenvalue weighted by Crippen LogP contribution is 2.37. The average Bonchev–Trinajstić information content (AvgIpc) is 2.68. The maximum Gasteiger partial charge on any atom is 0.157 e. The van der Waals surface area contributed by atoms with Crippen LogP contribution in [0.2, 0.25) is 0 Å². The minimum absolute atomic E-state index is 0.0195. The average molecular weight is 382 g/mol. The first kappa shape index (κ1) is 19.6. The van der Waals surface area contributed by atoms with E-state index in [0.29, 0.717) is 11.3 Å². The number of phenols is 2. The zero-order valence-electron chi connectivity index (χ0n) is 15.6. The van der Waals surface area contributed by atoms with Crippen molar-refractivity contribution in [1.82, 2.24) is 0 Å². The SMILES string of the molecule is COc1ccccc1C1CC(=O)C(C(=O)CCc2ccc(O)c(O)c2)C(=O)C1. The van der Waals surface area contributed by atoms with Gasteiger partial charge in [0.25, 0.3) is 0 Å². The van der Waals surface area contributed by atoms with E-state index in [-0.39, 0.29) is 54.7 Å². The van der Waals surface area contributed by atoms with Gasteiger partial charge in [-0.3, -0.25) is 14.4 Å². The lowest BCUT2D eigenvalue weighted by Gasteiger charge is -2.27. The summed E-state index contributed by atoms with van der Waals surface area (Å²) >= 11 is 0. The summed E-state index contributed by atoms with van der Waals surface area (Å²) in [5.74, 6) is -2.49. The first-order valence-corrected chi connectivity index (χ1v) is 9.12. The molecule has 0 atom stereocenters. The van der Waals surface area contributed by atoms with Crippen LogP contribution in [0.4, 0.5) is 0 Å². The minimum Gasteiger partial charge on any atom is -0.504 e. The number of ether oxygens (including phenoxy) is 1. The van der Waals surface area contributed by atoms with E-state index in [0.717, 1.165) is 5.56 Å². The van der Waals surface area contributed by atoms with Crippen LogP contribution in [0.5, 0.6) is 17.2 Å². The fourth-order valence-electron chi connectivity index (χ4n) is 3.69. The summed E-state index contributed by atoms with van der Waals surface area (Å²) in [5, 5.41) is 18.9. The van der Waals surface area contributed by atoms with Crippen molar-refractivity contribution in [1.29, 1.82) is 0 Å². The molecule has 2 aromatic rings. The fourth-order valence-corrected chi connectivity index (χ4v) is 3.69. The van der Waals surface area contributed by atoms with Crippen LogP contribution in [0.15, 0.2) is 42.5 Å². The largest absolute Gasteiger partial charge is 0.504 e. The summed E-state index contributed by atoms with van der Waals surface area (Å²) in [6.45, 7) is 0. The van der Waals surface area contributed by atoms with Gasteiger partial charge in [0.1, 0.15) is 11.7 Å². The van der Waals surface area contributed by atoms with Crippen LogP contribution in [-0.2, 0) is 20.8 Å². The van der Waals surface area contributed by atoms with Crippen LogP contribution in [0, 0.1) is 5.92 Å². The highest BCUT2D eigenvalue weighted by atomic mass is 16.5. The molecule has 0 unspecified atom stereocenters. The van der Waals surface area contributed by atoms with Gasteiger partial charge in [-0.1, -0.05) is 24.3 Å². The Morgan fingerprint density at radius 2 is 1.71 bits per heavy atom. The van der Waals surface area contributed by atoms with Gasteiger partial charge >= 0.3 is 0 Å². The summed E-state index contributed by atoms with van der Waals surface area (Å²) in [6, 6.07) is 11.6. The quantitative estimate of drug-likeness (QED) is 0.588. The van der Waals surface area contributed by atoms with Gasteiger partial charge in [-0.25, -0.2) is 0 Å². The number of hydrogen-bond donors (Lipinski definition) is 2. The van der Waals surface area contributed by atoms with Gasteiger partial charge < -0.3 is 14.9 Å². The van der Waals surface area contributed by atoms with Crippen LogP contribution < -0.4 is 4.74 Å². The van der Waals surface area contributed by atoms with Crippen molar-refractivity contribution >= 4 is 17.3 Å². The first-order valence-electron chi connectivity index (χ1n) is 9.12. The molecule has 3 rings (SSSR count). The summed E-state index contributed by atoms with van der Waals surface area (Å²) in [4.78, 5) is 37.7. The third kappa shape index (κ3) is 4.06. The molecule has 0 bridgehead atoms. The number of hydrogen-bond acceptors (Lipinski definition) is 6. The number of aryl methyl sites for hydroxylation is 1. The van der Waals surface area contributed by atoms with Crippen LogP contribution >= 0.6 is 0 Å². The molecule has 0 spiro atoms. The van der Waals surface area contributed by atoms with E-state index in [1.807, 2.05) is 18.2 Å². The standard InChI is InChI=1S/C22H22O6/c1-28-21-5-3-2-4-15(21)14-11-19(26)22(20(27)12-14)17(24)9-7-13-6-8-16(23)18(25)10-13/h2-6,8,10,14,22-23,25H,7,9,11-12H2,1H3. The van der Waals surface area contributed by atoms with Crippen molar-refractivity contribution in [2.24, 2.45) is 5.92 Å².